The van der Waals surface area contributed by atoms with E-state index in [0.717, 1.165) is 5.56 Å². The normalized spacial score (nSPS) is 10.5. The predicted octanol–water partition coefficient (Wildman–Crippen LogP) is 3.70. The fourth-order valence-electron chi connectivity index (χ4n) is 2.84. The molecule has 0 spiro atoms. The minimum Gasteiger partial charge on any atom is -0.492 e. The molecule has 8 nitrogen and oxygen atoms in total. The van der Waals surface area contributed by atoms with Crippen LogP contribution in [0.2, 0.25) is 0 Å². The molecule has 0 radical (unpaired) electrons. The van der Waals surface area contributed by atoms with Gasteiger partial charge in [0.25, 0.3) is 0 Å². The zero-order valence-corrected chi connectivity index (χ0v) is 18.2. The van der Waals surface area contributed by atoms with E-state index in [1.165, 1.54) is 6.21 Å². The molecule has 0 bridgehead atoms. The van der Waals surface area contributed by atoms with E-state index in [4.69, 9.17) is 9.47 Å². The van der Waals surface area contributed by atoms with Crippen LogP contribution in [0, 0.1) is 6.92 Å². The van der Waals surface area contributed by atoms with E-state index >= 15 is 0 Å². The summed E-state index contributed by atoms with van der Waals surface area (Å²) in [5.74, 6) is -1.53. The van der Waals surface area contributed by atoms with Crippen LogP contribution in [0.15, 0.2) is 77.9 Å². The molecule has 33 heavy (non-hydrogen) atoms. The molecule has 0 atom stereocenters. The van der Waals surface area contributed by atoms with Crippen LogP contribution in [0.5, 0.6) is 11.5 Å². The lowest BCUT2D eigenvalue weighted by molar-refractivity contribution is -0.136. The Balaban J connectivity index is 1.57. The summed E-state index contributed by atoms with van der Waals surface area (Å²) in [7, 11) is 0. The first-order chi connectivity index (χ1) is 16.0. The van der Waals surface area contributed by atoms with Crippen molar-refractivity contribution in [2.45, 2.75) is 13.8 Å². The lowest BCUT2D eigenvalue weighted by Crippen LogP contribution is -2.32. The quantitative estimate of drug-likeness (QED) is 0.190. The highest BCUT2D eigenvalue weighted by Crippen LogP contribution is 2.23. The number of carbonyl (C=O) groups excluding carboxylic acids is 3. The van der Waals surface area contributed by atoms with Crippen molar-refractivity contribution >= 4 is 29.7 Å². The van der Waals surface area contributed by atoms with Crippen LogP contribution in [0.25, 0.3) is 0 Å². The summed E-state index contributed by atoms with van der Waals surface area (Å²) in [6.07, 6.45) is 1.34. The molecule has 2 N–H and O–H groups in total. The Bertz CT molecular complexity index is 1190. The molecule has 3 aromatic carbocycles. The van der Waals surface area contributed by atoms with Crippen molar-refractivity contribution in [2.75, 3.05) is 11.9 Å². The van der Waals surface area contributed by atoms with E-state index in [9.17, 15) is 14.4 Å². The number of hydrogen-bond acceptors (Lipinski definition) is 6. The van der Waals surface area contributed by atoms with Crippen molar-refractivity contribution in [1.82, 2.24) is 5.43 Å². The van der Waals surface area contributed by atoms with Gasteiger partial charge in [-0.2, -0.15) is 5.10 Å². The summed E-state index contributed by atoms with van der Waals surface area (Å²) >= 11 is 0. The van der Waals surface area contributed by atoms with Gasteiger partial charge in [-0.3, -0.25) is 9.59 Å². The lowest BCUT2D eigenvalue weighted by atomic mass is 10.1. The van der Waals surface area contributed by atoms with Crippen LogP contribution in [0.4, 0.5) is 5.69 Å². The van der Waals surface area contributed by atoms with Gasteiger partial charge in [-0.1, -0.05) is 42.0 Å². The molecule has 0 saturated heterocycles. The fourth-order valence-corrected chi connectivity index (χ4v) is 2.84. The second-order valence-electron chi connectivity index (χ2n) is 6.91. The second-order valence-corrected chi connectivity index (χ2v) is 6.91. The van der Waals surface area contributed by atoms with Gasteiger partial charge < -0.3 is 14.8 Å². The van der Waals surface area contributed by atoms with Crippen LogP contribution in [-0.4, -0.2) is 30.6 Å². The Morgan fingerprint density at radius 3 is 2.52 bits per heavy atom. The molecular formula is C25H23N3O5. The third kappa shape index (κ3) is 6.76. The Kier molecular flexibility index (Phi) is 7.91. The average molecular weight is 445 g/mol. The molecule has 0 fully saturated rings. The molecule has 0 heterocycles. The number of para-hydroxylation sites is 2. The maximum absolute atomic E-state index is 12.3. The number of nitrogens with zero attached hydrogens (tertiary/aromatic N) is 1. The lowest BCUT2D eigenvalue weighted by Gasteiger charge is -2.10. The number of ether oxygens (including phenoxy) is 2. The van der Waals surface area contributed by atoms with Gasteiger partial charge in [0.05, 0.1) is 24.1 Å². The number of benzene rings is 3. The van der Waals surface area contributed by atoms with Crippen molar-refractivity contribution in [1.29, 1.82) is 0 Å². The maximum Gasteiger partial charge on any atom is 0.343 e. The van der Waals surface area contributed by atoms with Gasteiger partial charge >= 0.3 is 17.8 Å². The summed E-state index contributed by atoms with van der Waals surface area (Å²) in [4.78, 5) is 36.5. The Labute approximate surface area is 191 Å². The van der Waals surface area contributed by atoms with Gasteiger partial charge in [-0.15, -0.1) is 0 Å². The molecule has 3 aromatic rings. The van der Waals surface area contributed by atoms with E-state index in [0.29, 0.717) is 34.9 Å². The molecule has 0 aliphatic heterocycles. The van der Waals surface area contributed by atoms with Gasteiger partial charge in [0, 0.05) is 0 Å². The Morgan fingerprint density at radius 2 is 1.73 bits per heavy atom. The summed E-state index contributed by atoms with van der Waals surface area (Å²) in [6, 6.07) is 20.5. The van der Waals surface area contributed by atoms with Crippen molar-refractivity contribution in [3.8, 4) is 11.5 Å². The minimum atomic E-state index is -0.945. The highest BCUT2D eigenvalue weighted by atomic mass is 16.5. The third-order valence-electron chi connectivity index (χ3n) is 4.34. The summed E-state index contributed by atoms with van der Waals surface area (Å²) in [5.41, 5.74) is 4.50. The predicted molar refractivity (Wildman–Crippen MR) is 125 cm³/mol. The Hall–Kier alpha value is -4.46. The van der Waals surface area contributed by atoms with Crippen LogP contribution < -0.4 is 20.2 Å². The topological polar surface area (TPSA) is 106 Å². The standard InChI is InChI=1S/C25H23N3O5/c1-3-32-22-13-5-4-12-21(22)27-23(29)24(30)28-26-16-18-9-7-11-20(15-18)33-25(31)19-10-6-8-17(2)14-19/h4-16H,3H2,1-2H3,(H,27,29)(H,28,30)/b26-16+. The third-order valence-corrected chi connectivity index (χ3v) is 4.34. The highest BCUT2D eigenvalue weighted by Gasteiger charge is 2.15. The first kappa shape index (κ1) is 23.2. The first-order valence-corrected chi connectivity index (χ1v) is 10.2. The van der Waals surface area contributed by atoms with Gasteiger partial charge in [0.15, 0.2) is 0 Å². The van der Waals surface area contributed by atoms with Gasteiger partial charge in [0.1, 0.15) is 11.5 Å². The van der Waals surface area contributed by atoms with Crippen molar-refractivity contribution in [3.63, 3.8) is 0 Å². The van der Waals surface area contributed by atoms with Gasteiger partial charge in [-0.25, -0.2) is 10.2 Å². The first-order valence-electron chi connectivity index (χ1n) is 10.2. The Morgan fingerprint density at radius 1 is 0.939 bits per heavy atom. The fraction of sp³-hybridized carbons (Fsp3) is 0.120. The van der Waals surface area contributed by atoms with Crippen LogP contribution in [0.1, 0.15) is 28.4 Å². The second kappa shape index (κ2) is 11.2. The number of hydrogen-bond donors (Lipinski definition) is 2. The molecule has 0 saturated carbocycles. The summed E-state index contributed by atoms with van der Waals surface area (Å²) < 4.78 is 10.8. The van der Waals surface area contributed by atoms with Gasteiger partial charge in [0.2, 0.25) is 0 Å². The number of esters is 1. The van der Waals surface area contributed by atoms with E-state index in [1.807, 2.05) is 19.9 Å². The number of nitrogens with one attached hydrogen (secondary N) is 2. The van der Waals surface area contributed by atoms with E-state index in [1.54, 1.807) is 66.7 Å². The number of amides is 2. The molecule has 0 unspecified atom stereocenters. The van der Waals surface area contributed by atoms with E-state index in [2.05, 4.69) is 15.8 Å². The molecule has 8 heteroatoms. The van der Waals surface area contributed by atoms with Crippen LogP contribution in [0.3, 0.4) is 0 Å². The highest BCUT2D eigenvalue weighted by molar-refractivity contribution is 6.39. The molecular weight excluding hydrogens is 422 g/mol. The zero-order valence-electron chi connectivity index (χ0n) is 18.2. The van der Waals surface area contributed by atoms with Crippen molar-refractivity contribution in [3.05, 3.63) is 89.5 Å². The average Bonchev–Trinajstić information content (AvgIpc) is 2.80. The number of rotatable bonds is 7. The molecule has 168 valence electrons. The van der Waals surface area contributed by atoms with Crippen LogP contribution >= 0.6 is 0 Å². The number of anilines is 1. The number of hydrazone groups is 1. The van der Waals surface area contributed by atoms with Crippen LogP contribution in [-0.2, 0) is 9.59 Å². The smallest absolute Gasteiger partial charge is 0.343 e. The monoisotopic (exact) mass is 445 g/mol. The van der Waals surface area contributed by atoms with Crippen molar-refractivity contribution < 1.29 is 23.9 Å². The van der Waals surface area contributed by atoms with E-state index < -0.39 is 17.8 Å². The summed E-state index contributed by atoms with van der Waals surface area (Å²) in [6.45, 7) is 4.13. The van der Waals surface area contributed by atoms with Crippen molar-refractivity contribution in [2.24, 2.45) is 5.10 Å². The van der Waals surface area contributed by atoms with E-state index in [-0.39, 0.29) is 0 Å². The number of aryl methyl sites for hydroxylation is 1. The zero-order chi connectivity index (χ0) is 23.6. The molecule has 0 aliphatic rings. The molecule has 0 aromatic heterocycles. The summed E-state index contributed by atoms with van der Waals surface area (Å²) in [5, 5.41) is 6.28. The van der Waals surface area contributed by atoms with Gasteiger partial charge in [-0.05, 0) is 55.8 Å². The molecule has 2 amide bonds. The minimum absolute atomic E-state index is 0.321. The SMILES string of the molecule is CCOc1ccccc1NC(=O)C(=O)N/N=C/c1cccc(OC(=O)c2cccc(C)c2)c1. The number of carbonyl (C=O) groups is 3. The maximum atomic E-state index is 12.3. The largest absolute Gasteiger partial charge is 0.492 e. The molecule has 0 aliphatic carbocycles. The molecule has 3 rings (SSSR count).